The first-order valence-electron chi connectivity index (χ1n) is 7.25. The Morgan fingerprint density at radius 2 is 1.86 bits per heavy atom. The number of alkyl halides is 3. The molecule has 0 saturated heterocycles. The van der Waals surface area contributed by atoms with Crippen molar-refractivity contribution in [3.63, 3.8) is 0 Å². The first kappa shape index (κ1) is 15.9. The molecule has 21 heavy (non-hydrogen) atoms. The van der Waals surface area contributed by atoms with E-state index in [1.807, 2.05) is 0 Å². The van der Waals surface area contributed by atoms with E-state index in [4.69, 9.17) is 5.73 Å². The molecule has 1 fully saturated rings. The summed E-state index contributed by atoms with van der Waals surface area (Å²) in [6.07, 6.45) is 0.818. The standard InChI is InChI=1S/C14H21F3N4/c1-3-9-4-6-10(7-5-9)21(2)12-8-11(14(15,16)17)19-13(18)20-12/h8-10H,3-7H2,1-2H3,(H2,18,19,20). The van der Waals surface area contributed by atoms with Crippen molar-refractivity contribution in [2.75, 3.05) is 17.7 Å². The fraction of sp³-hybridized carbons (Fsp3) is 0.714. The average Bonchev–Trinajstić information content (AvgIpc) is 2.45. The SMILES string of the molecule is CCC1CCC(N(C)c2cc(C(F)(F)F)nc(N)n2)CC1. The summed E-state index contributed by atoms with van der Waals surface area (Å²) in [6, 6.07) is 1.19. The summed E-state index contributed by atoms with van der Waals surface area (Å²) < 4.78 is 38.4. The number of aromatic nitrogens is 2. The molecule has 118 valence electrons. The van der Waals surface area contributed by atoms with Gasteiger partial charge in [0.15, 0.2) is 5.69 Å². The Kier molecular flexibility index (Phi) is 4.58. The van der Waals surface area contributed by atoms with Crippen LogP contribution in [-0.2, 0) is 6.18 Å². The maximum atomic E-state index is 12.8. The second kappa shape index (κ2) is 6.07. The molecule has 0 atom stereocenters. The van der Waals surface area contributed by atoms with Crippen LogP contribution in [0, 0.1) is 5.92 Å². The van der Waals surface area contributed by atoms with Crippen molar-refractivity contribution in [3.05, 3.63) is 11.8 Å². The van der Waals surface area contributed by atoms with E-state index < -0.39 is 11.9 Å². The van der Waals surface area contributed by atoms with Crippen molar-refractivity contribution >= 4 is 11.8 Å². The molecule has 2 rings (SSSR count). The number of anilines is 2. The summed E-state index contributed by atoms with van der Waals surface area (Å²) in [5.74, 6) is 0.638. The number of hydrogen-bond donors (Lipinski definition) is 1. The Morgan fingerprint density at radius 3 is 2.38 bits per heavy atom. The normalized spacial score (nSPS) is 23.1. The molecule has 4 nitrogen and oxygen atoms in total. The highest BCUT2D eigenvalue weighted by Gasteiger charge is 2.34. The van der Waals surface area contributed by atoms with Crippen LogP contribution in [0.5, 0.6) is 0 Å². The third kappa shape index (κ3) is 3.77. The lowest BCUT2D eigenvalue weighted by atomic mass is 9.84. The van der Waals surface area contributed by atoms with Crippen LogP contribution in [-0.4, -0.2) is 23.1 Å². The van der Waals surface area contributed by atoms with E-state index in [0.717, 1.165) is 44.1 Å². The molecule has 0 unspecified atom stereocenters. The highest BCUT2D eigenvalue weighted by molar-refractivity contribution is 5.44. The Morgan fingerprint density at radius 1 is 1.24 bits per heavy atom. The first-order valence-corrected chi connectivity index (χ1v) is 7.25. The number of rotatable bonds is 3. The topological polar surface area (TPSA) is 55.0 Å². The van der Waals surface area contributed by atoms with Gasteiger partial charge in [0.05, 0.1) is 0 Å². The van der Waals surface area contributed by atoms with Crippen LogP contribution in [0.3, 0.4) is 0 Å². The van der Waals surface area contributed by atoms with Gasteiger partial charge in [0.1, 0.15) is 5.82 Å². The van der Waals surface area contributed by atoms with Crippen molar-refractivity contribution in [2.24, 2.45) is 5.92 Å². The molecule has 0 aliphatic heterocycles. The zero-order valence-corrected chi connectivity index (χ0v) is 12.3. The number of nitrogens with zero attached hydrogens (tertiary/aromatic N) is 3. The van der Waals surface area contributed by atoms with Crippen molar-refractivity contribution in [1.29, 1.82) is 0 Å². The van der Waals surface area contributed by atoms with E-state index in [0.29, 0.717) is 0 Å². The molecular weight excluding hydrogens is 281 g/mol. The van der Waals surface area contributed by atoms with Gasteiger partial charge in [-0.15, -0.1) is 0 Å². The summed E-state index contributed by atoms with van der Waals surface area (Å²) in [5.41, 5.74) is 4.43. The maximum absolute atomic E-state index is 12.8. The minimum atomic E-state index is -4.51. The van der Waals surface area contributed by atoms with Gasteiger partial charge in [-0.2, -0.15) is 18.2 Å². The van der Waals surface area contributed by atoms with Gasteiger partial charge in [0.25, 0.3) is 0 Å². The average molecular weight is 302 g/mol. The predicted octanol–water partition coefficient (Wildman–Crippen LogP) is 3.48. The number of halogens is 3. The second-order valence-corrected chi connectivity index (χ2v) is 5.66. The maximum Gasteiger partial charge on any atom is 0.433 e. The van der Waals surface area contributed by atoms with Gasteiger partial charge in [0.2, 0.25) is 5.95 Å². The van der Waals surface area contributed by atoms with Crippen molar-refractivity contribution < 1.29 is 13.2 Å². The lowest BCUT2D eigenvalue weighted by Gasteiger charge is -2.35. The highest BCUT2D eigenvalue weighted by atomic mass is 19.4. The Hall–Kier alpha value is -1.53. The molecule has 0 radical (unpaired) electrons. The van der Waals surface area contributed by atoms with Crippen LogP contribution < -0.4 is 10.6 Å². The lowest BCUT2D eigenvalue weighted by molar-refractivity contribution is -0.141. The zero-order valence-electron chi connectivity index (χ0n) is 12.3. The number of nitrogen functional groups attached to an aromatic ring is 1. The van der Waals surface area contributed by atoms with Crippen LogP contribution in [0.2, 0.25) is 0 Å². The summed E-state index contributed by atoms with van der Waals surface area (Å²) in [5, 5.41) is 0. The van der Waals surface area contributed by atoms with Crippen molar-refractivity contribution in [2.45, 2.75) is 51.2 Å². The Balaban J connectivity index is 2.16. The third-order valence-corrected chi connectivity index (χ3v) is 4.32. The largest absolute Gasteiger partial charge is 0.433 e. The zero-order chi connectivity index (χ0) is 15.6. The van der Waals surface area contributed by atoms with Gasteiger partial charge in [-0.1, -0.05) is 13.3 Å². The first-order chi connectivity index (χ1) is 9.81. The van der Waals surface area contributed by atoms with E-state index in [2.05, 4.69) is 16.9 Å². The predicted molar refractivity (Wildman–Crippen MR) is 75.9 cm³/mol. The van der Waals surface area contributed by atoms with Crippen LogP contribution in [0.25, 0.3) is 0 Å². The molecule has 0 amide bonds. The molecule has 0 bridgehead atoms. The van der Waals surface area contributed by atoms with Gasteiger partial charge in [-0.25, -0.2) is 4.98 Å². The molecule has 1 aromatic rings. The number of nitrogens with two attached hydrogens (primary N) is 1. The summed E-state index contributed by atoms with van der Waals surface area (Å²) in [6.45, 7) is 2.18. The molecule has 7 heteroatoms. The molecule has 1 heterocycles. The van der Waals surface area contributed by atoms with Gasteiger partial charge in [-0.05, 0) is 31.6 Å². The van der Waals surface area contributed by atoms with E-state index in [1.165, 1.54) is 0 Å². The summed E-state index contributed by atoms with van der Waals surface area (Å²) >= 11 is 0. The number of hydrogen-bond acceptors (Lipinski definition) is 4. The minimum absolute atomic E-state index is 0.211. The quantitative estimate of drug-likeness (QED) is 0.928. The van der Waals surface area contributed by atoms with Gasteiger partial charge in [0, 0.05) is 19.2 Å². The van der Waals surface area contributed by atoms with Gasteiger partial charge >= 0.3 is 6.18 Å². The molecular formula is C14H21F3N4. The fourth-order valence-electron chi connectivity index (χ4n) is 2.91. The van der Waals surface area contributed by atoms with Crippen LogP contribution in [0.1, 0.15) is 44.7 Å². The molecule has 2 N–H and O–H groups in total. The van der Waals surface area contributed by atoms with Crippen LogP contribution >= 0.6 is 0 Å². The summed E-state index contributed by atoms with van der Waals surface area (Å²) in [4.78, 5) is 9.03. The molecule has 1 aromatic heterocycles. The minimum Gasteiger partial charge on any atom is -0.368 e. The highest BCUT2D eigenvalue weighted by Crippen LogP contribution is 2.33. The van der Waals surface area contributed by atoms with Crippen LogP contribution in [0.15, 0.2) is 6.07 Å². The van der Waals surface area contributed by atoms with E-state index in [-0.39, 0.29) is 17.8 Å². The van der Waals surface area contributed by atoms with Crippen molar-refractivity contribution in [1.82, 2.24) is 9.97 Å². The fourth-order valence-corrected chi connectivity index (χ4v) is 2.91. The van der Waals surface area contributed by atoms with Crippen molar-refractivity contribution in [3.8, 4) is 0 Å². The summed E-state index contributed by atoms with van der Waals surface area (Å²) in [7, 11) is 1.78. The molecule has 1 aliphatic rings. The third-order valence-electron chi connectivity index (χ3n) is 4.32. The second-order valence-electron chi connectivity index (χ2n) is 5.66. The Bertz CT molecular complexity index is 482. The van der Waals surface area contributed by atoms with E-state index in [9.17, 15) is 13.2 Å². The van der Waals surface area contributed by atoms with Gasteiger partial charge < -0.3 is 10.6 Å². The van der Waals surface area contributed by atoms with E-state index in [1.54, 1.807) is 11.9 Å². The molecule has 1 saturated carbocycles. The lowest BCUT2D eigenvalue weighted by Crippen LogP contribution is -2.36. The Labute approximate surface area is 122 Å². The molecule has 0 spiro atoms. The van der Waals surface area contributed by atoms with E-state index >= 15 is 0 Å². The van der Waals surface area contributed by atoms with Gasteiger partial charge in [-0.3, -0.25) is 0 Å². The molecule has 1 aliphatic carbocycles. The molecule has 0 aromatic carbocycles. The smallest absolute Gasteiger partial charge is 0.368 e. The van der Waals surface area contributed by atoms with Crippen LogP contribution in [0.4, 0.5) is 24.9 Å². The monoisotopic (exact) mass is 302 g/mol.